The zero-order valence-corrected chi connectivity index (χ0v) is 18.3. The average molecular weight is 430 g/mol. The third kappa shape index (κ3) is 3.54. The molecule has 1 aliphatic rings. The monoisotopic (exact) mass is 430 g/mol. The number of aromatic nitrogens is 1. The van der Waals surface area contributed by atoms with E-state index in [1.54, 1.807) is 30.0 Å². The number of aryl methyl sites for hydroxylation is 1. The molecule has 0 N–H and O–H groups in total. The van der Waals surface area contributed by atoms with Crippen LogP contribution in [-0.2, 0) is 14.3 Å². The summed E-state index contributed by atoms with van der Waals surface area (Å²) in [5.41, 5.74) is 5.14. The van der Waals surface area contributed by atoms with Crippen molar-refractivity contribution < 1.29 is 18.7 Å². The minimum atomic E-state index is -0.697. The number of para-hydroxylation sites is 1. The van der Waals surface area contributed by atoms with Gasteiger partial charge < -0.3 is 14.2 Å². The number of methoxy groups -OCH3 is 1. The second kappa shape index (κ2) is 8.30. The zero-order valence-electron chi connectivity index (χ0n) is 18.3. The van der Waals surface area contributed by atoms with Gasteiger partial charge in [0.15, 0.2) is 0 Å². The number of allylic oxidation sites excluding steroid dienone is 2. The van der Waals surface area contributed by atoms with Crippen LogP contribution in [0.1, 0.15) is 23.9 Å². The van der Waals surface area contributed by atoms with E-state index in [9.17, 15) is 14.0 Å². The maximum absolute atomic E-state index is 13.5. The minimum Gasteiger partial charge on any atom is -0.465 e. The highest BCUT2D eigenvalue weighted by Gasteiger charge is 2.38. The fourth-order valence-corrected chi connectivity index (χ4v) is 4.14. The van der Waals surface area contributed by atoms with E-state index in [2.05, 4.69) is 4.57 Å². The first-order chi connectivity index (χ1) is 15.3. The molecular formula is C26H23FN2O3. The van der Waals surface area contributed by atoms with E-state index in [0.29, 0.717) is 17.1 Å². The Balaban J connectivity index is 1.87. The number of carbonyl (C=O) groups excluding carboxylic acids is 2. The van der Waals surface area contributed by atoms with Crippen molar-refractivity contribution in [1.29, 1.82) is 0 Å². The summed E-state index contributed by atoms with van der Waals surface area (Å²) in [7, 11) is 1.24. The molecule has 0 amide bonds. The number of rotatable bonds is 4. The second-order valence-electron chi connectivity index (χ2n) is 7.62. The Kier molecular flexibility index (Phi) is 5.53. The highest BCUT2D eigenvalue weighted by atomic mass is 19.1. The second-order valence-corrected chi connectivity index (χ2v) is 7.62. The number of hydrogen-bond donors (Lipinski definition) is 0. The average Bonchev–Trinajstić information content (AvgIpc) is 3.20. The summed E-state index contributed by atoms with van der Waals surface area (Å²) in [5, 5.41) is 0. The molecule has 0 saturated heterocycles. The van der Waals surface area contributed by atoms with Crippen LogP contribution in [-0.4, -0.2) is 23.4 Å². The molecule has 3 aromatic rings. The molecule has 1 aliphatic heterocycles. The van der Waals surface area contributed by atoms with Gasteiger partial charge in [0.1, 0.15) is 11.4 Å². The lowest BCUT2D eigenvalue weighted by Gasteiger charge is -2.21. The van der Waals surface area contributed by atoms with E-state index in [-0.39, 0.29) is 11.4 Å². The van der Waals surface area contributed by atoms with Crippen LogP contribution in [0, 0.1) is 19.7 Å². The van der Waals surface area contributed by atoms with E-state index in [0.717, 1.165) is 22.6 Å². The fraction of sp³-hybridized carbons (Fsp3) is 0.154. The molecule has 1 aromatic heterocycles. The van der Waals surface area contributed by atoms with Gasteiger partial charge in [0, 0.05) is 28.5 Å². The Bertz CT molecular complexity index is 1270. The van der Waals surface area contributed by atoms with Crippen LogP contribution in [0.4, 0.5) is 10.1 Å². The molecule has 0 atom stereocenters. The summed E-state index contributed by atoms with van der Waals surface area (Å²) in [6, 6.07) is 17.7. The molecule has 162 valence electrons. The molecule has 0 aliphatic carbocycles. The van der Waals surface area contributed by atoms with Gasteiger partial charge in [-0.25, -0.2) is 9.18 Å². The van der Waals surface area contributed by atoms with Gasteiger partial charge in [-0.05, 0) is 74.9 Å². The quantitative estimate of drug-likeness (QED) is 0.328. The fourth-order valence-electron chi connectivity index (χ4n) is 4.14. The molecule has 0 spiro atoms. The van der Waals surface area contributed by atoms with Crippen molar-refractivity contribution in [2.24, 2.45) is 0 Å². The summed E-state index contributed by atoms with van der Waals surface area (Å²) >= 11 is 0. The molecule has 4 rings (SSSR count). The molecule has 2 aromatic carbocycles. The Morgan fingerprint density at radius 1 is 0.969 bits per heavy atom. The van der Waals surface area contributed by atoms with Crippen LogP contribution in [0.3, 0.4) is 0 Å². The Morgan fingerprint density at radius 3 is 2.25 bits per heavy atom. The van der Waals surface area contributed by atoms with Gasteiger partial charge in [-0.1, -0.05) is 18.2 Å². The van der Waals surface area contributed by atoms with Gasteiger partial charge in [0.25, 0.3) is 0 Å². The summed E-state index contributed by atoms with van der Waals surface area (Å²) < 4.78 is 20.5. The Hall–Kier alpha value is -3.93. The van der Waals surface area contributed by atoms with Crippen LogP contribution >= 0.6 is 0 Å². The van der Waals surface area contributed by atoms with Crippen LogP contribution in [0.25, 0.3) is 11.8 Å². The van der Waals surface area contributed by atoms with Crippen molar-refractivity contribution in [3.63, 3.8) is 0 Å². The molecule has 0 fully saturated rings. The molecule has 0 radical (unpaired) electrons. The van der Waals surface area contributed by atoms with E-state index in [1.165, 1.54) is 19.2 Å². The zero-order chi connectivity index (χ0) is 23.0. The number of carbonyl (C=O) groups is 2. The SMILES string of the molecule is COC(=O)C1=C(C)N(c2ccc(F)cc2)C(=Cc2cc(C)n(-c3ccccc3)c2C)C1=O. The molecule has 6 heteroatoms. The first kappa shape index (κ1) is 21.3. The number of ether oxygens (including phenoxy) is 1. The van der Waals surface area contributed by atoms with Gasteiger partial charge >= 0.3 is 5.97 Å². The lowest BCUT2D eigenvalue weighted by atomic mass is 10.1. The maximum Gasteiger partial charge on any atom is 0.343 e. The highest BCUT2D eigenvalue weighted by Crippen LogP contribution is 2.36. The summed E-state index contributed by atoms with van der Waals surface area (Å²) in [6.07, 6.45) is 1.77. The highest BCUT2D eigenvalue weighted by molar-refractivity contribution is 6.30. The van der Waals surface area contributed by atoms with Crippen molar-refractivity contribution in [1.82, 2.24) is 4.57 Å². The van der Waals surface area contributed by atoms with Crippen LogP contribution in [0.2, 0.25) is 0 Å². The maximum atomic E-state index is 13.5. The van der Waals surface area contributed by atoms with Gasteiger partial charge in [0.05, 0.1) is 12.8 Å². The van der Waals surface area contributed by atoms with E-state index < -0.39 is 11.8 Å². The van der Waals surface area contributed by atoms with Gasteiger partial charge in [-0.15, -0.1) is 0 Å². The van der Waals surface area contributed by atoms with E-state index in [1.807, 2.05) is 50.2 Å². The molecule has 0 bridgehead atoms. The number of esters is 1. The normalized spacial score (nSPS) is 15.1. The number of anilines is 1. The Morgan fingerprint density at radius 2 is 1.62 bits per heavy atom. The summed E-state index contributed by atoms with van der Waals surface area (Å²) in [6.45, 7) is 5.66. The third-order valence-corrected chi connectivity index (χ3v) is 5.65. The predicted octanol–water partition coefficient (Wildman–Crippen LogP) is 5.11. The van der Waals surface area contributed by atoms with E-state index in [4.69, 9.17) is 4.74 Å². The first-order valence-electron chi connectivity index (χ1n) is 10.2. The van der Waals surface area contributed by atoms with Crippen molar-refractivity contribution >= 4 is 23.5 Å². The predicted molar refractivity (Wildman–Crippen MR) is 122 cm³/mol. The van der Waals surface area contributed by atoms with Crippen LogP contribution in [0.15, 0.2) is 77.6 Å². The molecule has 2 heterocycles. The summed E-state index contributed by atoms with van der Waals surface area (Å²) in [5.74, 6) is -1.51. The third-order valence-electron chi connectivity index (χ3n) is 5.65. The first-order valence-corrected chi connectivity index (χ1v) is 10.2. The van der Waals surface area contributed by atoms with Gasteiger partial charge in [-0.3, -0.25) is 4.79 Å². The molecular weight excluding hydrogens is 407 g/mol. The largest absolute Gasteiger partial charge is 0.465 e. The number of hydrogen-bond acceptors (Lipinski definition) is 4. The van der Waals surface area contributed by atoms with E-state index >= 15 is 0 Å². The van der Waals surface area contributed by atoms with Crippen LogP contribution < -0.4 is 4.90 Å². The standard InChI is InChI=1S/C26H23FN2O3/c1-16-14-19(17(2)28(16)21-8-6-5-7-9-21)15-23-25(30)24(26(31)32-4)18(3)29(23)22-12-10-20(27)11-13-22/h5-15H,1-4H3. The molecule has 5 nitrogen and oxygen atoms in total. The number of benzene rings is 2. The van der Waals surface area contributed by atoms with Crippen molar-refractivity contribution in [2.75, 3.05) is 12.0 Å². The molecule has 0 saturated carbocycles. The number of halogens is 1. The van der Waals surface area contributed by atoms with Crippen LogP contribution in [0.5, 0.6) is 0 Å². The number of ketones is 1. The van der Waals surface area contributed by atoms with Gasteiger partial charge in [0.2, 0.25) is 5.78 Å². The molecule has 0 unspecified atom stereocenters. The summed E-state index contributed by atoms with van der Waals surface area (Å²) in [4.78, 5) is 27.3. The topological polar surface area (TPSA) is 51.5 Å². The number of nitrogens with zero attached hydrogens (tertiary/aromatic N) is 2. The van der Waals surface area contributed by atoms with Crippen molar-refractivity contribution in [3.05, 3.63) is 100 Å². The van der Waals surface area contributed by atoms with Crippen molar-refractivity contribution in [3.8, 4) is 5.69 Å². The van der Waals surface area contributed by atoms with Crippen molar-refractivity contribution in [2.45, 2.75) is 20.8 Å². The Labute approximate surface area is 186 Å². The lowest BCUT2D eigenvalue weighted by molar-refractivity contribution is -0.137. The number of Topliss-reactive ketones (excluding diaryl/α,β-unsaturated/α-hetero) is 1. The molecule has 32 heavy (non-hydrogen) atoms. The smallest absolute Gasteiger partial charge is 0.343 e. The lowest BCUT2D eigenvalue weighted by Crippen LogP contribution is -2.18. The van der Waals surface area contributed by atoms with Gasteiger partial charge in [-0.2, -0.15) is 0 Å². The minimum absolute atomic E-state index is 0.0278.